The van der Waals surface area contributed by atoms with Gasteiger partial charge in [0.05, 0.1) is 0 Å². The van der Waals surface area contributed by atoms with Gasteiger partial charge in [0.25, 0.3) is 0 Å². The van der Waals surface area contributed by atoms with Crippen molar-refractivity contribution in [3.8, 4) is 0 Å². The number of halogens is 4. The molecule has 0 saturated heterocycles. The van der Waals surface area contributed by atoms with E-state index in [0.29, 0.717) is 5.56 Å². The molecule has 0 aliphatic carbocycles. The molecule has 0 heterocycles. The summed E-state index contributed by atoms with van der Waals surface area (Å²) in [5.41, 5.74) is -0.209. The van der Waals surface area contributed by atoms with E-state index in [2.05, 4.69) is 15.9 Å². The van der Waals surface area contributed by atoms with Crippen molar-refractivity contribution in [2.45, 2.75) is 5.33 Å². The largest absolute Gasteiger partial charge is 0.509 e. The van der Waals surface area contributed by atoms with E-state index in [1.165, 1.54) is 12.1 Å². The Kier molecular flexibility index (Phi) is 2.83. The molecule has 1 aromatic carbocycles. The predicted molar refractivity (Wildman–Crippen MR) is 47.8 cm³/mol. The van der Waals surface area contributed by atoms with Crippen molar-refractivity contribution in [1.29, 1.82) is 0 Å². The third-order valence-corrected chi connectivity index (χ3v) is 2.16. The maximum Gasteiger partial charge on any atom is 0.509 e. The van der Waals surface area contributed by atoms with Crippen LogP contribution in [0, 0.1) is 0 Å². The molecule has 0 aliphatic rings. The predicted octanol–water partition coefficient (Wildman–Crippen LogP) is 2.64. The van der Waals surface area contributed by atoms with Crippen LogP contribution in [0.2, 0.25) is 0 Å². The van der Waals surface area contributed by atoms with Gasteiger partial charge in [-0.25, -0.2) is 0 Å². The molecule has 0 aromatic heterocycles. The lowest BCUT2D eigenvalue weighted by Gasteiger charge is -2.17. The van der Waals surface area contributed by atoms with Gasteiger partial charge in [-0.05, 0) is 0 Å². The van der Waals surface area contributed by atoms with Crippen molar-refractivity contribution in [2.24, 2.45) is 0 Å². The first-order chi connectivity index (χ1) is 5.55. The molecule has 1 aromatic rings. The van der Waals surface area contributed by atoms with Crippen molar-refractivity contribution in [3.05, 3.63) is 29.8 Å². The highest BCUT2D eigenvalue weighted by atomic mass is 79.9. The summed E-state index contributed by atoms with van der Waals surface area (Å²) >= 11 is 3.01. The summed E-state index contributed by atoms with van der Waals surface area (Å²) < 4.78 is 36.8. The summed E-state index contributed by atoms with van der Waals surface area (Å²) in [5.74, 6) is 0. The van der Waals surface area contributed by atoms with E-state index in [0.717, 1.165) is 6.07 Å². The summed E-state index contributed by atoms with van der Waals surface area (Å²) in [5, 5.41) is 0.241. The fraction of sp³-hybridized carbons (Fsp3) is 0.143. The Bertz CT molecular complexity index is 272. The second-order valence-electron chi connectivity index (χ2n) is 2.41. The number of rotatable bonds is 2. The normalized spacial score (nSPS) is 11.7. The van der Waals surface area contributed by atoms with Crippen LogP contribution in [0.5, 0.6) is 0 Å². The molecule has 0 fully saturated rings. The van der Waals surface area contributed by atoms with Gasteiger partial charge in [-0.15, -0.1) is 5.46 Å². The molecule has 0 saturated carbocycles. The zero-order valence-corrected chi connectivity index (χ0v) is 7.69. The fourth-order valence-electron chi connectivity index (χ4n) is 0.975. The molecule has 0 atom stereocenters. The van der Waals surface area contributed by atoms with Gasteiger partial charge in [-0.3, -0.25) is 0 Å². The van der Waals surface area contributed by atoms with E-state index in [-0.39, 0.29) is 5.33 Å². The van der Waals surface area contributed by atoms with Crippen LogP contribution in [0.3, 0.4) is 0 Å². The lowest BCUT2D eigenvalue weighted by Crippen LogP contribution is -2.36. The van der Waals surface area contributed by atoms with Crippen molar-refractivity contribution < 1.29 is 12.9 Å². The lowest BCUT2D eigenvalue weighted by molar-refractivity contribution is 0.500. The van der Waals surface area contributed by atoms with Crippen LogP contribution in [-0.2, 0) is 5.33 Å². The molecule has 0 nitrogen and oxygen atoms in total. The molecule has 0 aliphatic heterocycles. The van der Waals surface area contributed by atoms with Gasteiger partial charge < -0.3 is 12.9 Å². The van der Waals surface area contributed by atoms with Crippen molar-refractivity contribution >= 4 is 28.4 Å². The van der Waals surface area contributed by atoms with Gasteiger partial charge in [0, 0.05) is 5.33 Å². The number of benzene rings is 1. The van der Waals surface area contributed by atoms with Gasteiger partial charge in [0.2, 0.25) is 0 Å². The van der Waals surface area contributed by atoms with Gasteiger partial charge in [0.1, 0.15) is 0 Å². The van der Waals surface area contributed by atoms with Crippen molar-refractivity contribution in [1.82, 2.24) is 0 Å². The monoisotopic (exact) mass is 237 g/mol. The van der Waals surface area contributed by atoms with Gasteiger partial charge in [0.15, 0.2) is 0 Å². The molecule has 1 rings (SSSR count). The SMILES string of the molecule is F[B-](F)(F)c1ccccc1CBr. The standard InChI is InChI=1S/C7H6BBrF3/c9-5-6-3-1-2-4-7(6)8(10,11)12/h1-4H,5H2/q-1. The third kappa shape index (κ3) is 2.03. The Morgan fingerprint density at radius 1 is 1.17 bits per heavy atom. The van der Waals surface area contributed by atoms with Crippen LogP contribution >= 0.6 is 15.9 Å². The third-order valence-electron chi connectivity index (χ3n) is 1.55. The average Bonchev–Trinajstić information content (AvgIpc) is 2.03. The molecule has 0 radical (unpaired) electrons. The summed E-state index contributed by atoms with van der Waals surface area (Å²) in [4.78, 5) is 0. The van der Waals surface area contributed by atoms with Crippen LogP contribution in [-0.4, -0.2) is 6.98 Å². The maximum absolute atomic E-state index is 12.3. The van der Waals surface area contributed by atoms with E-state index in [9.17, 15) is 12.9 Å². The summed E-state index contributed by atoms with van der Waals surface area (Å²) in [7, 11) is 0. The first-order valence-electron chi connectivity index (χ1n) is 3.39. The summed E-state index contributed by atoms with van der Waals surface area (Å²) in [6.45, 7) is -4.87. The number of hydrogen-bond donors (Lipinski definition) is 0. The van der Waals surface area contributed by atoms with Crippen LogP contribution in [0.25, 0.3) is 0 Å². The topological polar surface area (TPSA) is 0 Å². The molecule has 0 amide bonds. The highest BCUT2D eigenvalue weighted by Gasteiger charge is 2.27. The van der Waals surface area contributed by atoms with Crippen molar-refractivity contribution in [3.63, 3.8) is 0 Å². The molecule has 0 spiro atoms. The first-order valence-corrected chi connectivity index (χ1v) is 4.51. The van der Waals surface area contributed by atoms with E-state index in [1.54, 1.807) is 6.07 Å². The molecule has 5 heteroatoms. The lowest BCUT2D eigenvalue weighted by atomic mass is 9.77. The Morgan fingerprint density at radius 3 is 2.17 bits per heavy atom. The van der Waals surface area contributed by atoms with E-state index < -0.39 is 12.4 Å². The molecule has 66 valence electrons. The second-order valence-corrected chi connectivity index (χ2v) is 2.97. The van der Waals surface area contributed by atoms with E-state index >= 15 is 0 Å². The highest BCUT2D eigenvalue weighted by Crippen LogP contribution is 2.13. The zero-order valence-electron chi connectivity index (χ0n) is 6.11. The summed E-state index contributed by atoms with van der Waals surface area (Å²) in [6, 6.07) is 5.58. The molecular formula is C7H6BBrF3-. The number of alkyl halides is 1. The van der Waals surface area contributed by atoms with Crippen LogP contribution in [0.4, 0.5) is 12.9 Å². The van der Waals surface area contributed by atoms with Crippen LogP contribution in [0.15, 0.2) is 24.3 Å². The molecule has 0 bridgehead atoms. The Balaban J connectivity index is 3.14. The highest BCUT2D eigenvalue weighted by molar-refractivity contribution is 9.08. The zero-order chi connectivity index (χ0) is 9.19. The van der Waals surface area contributed by atoms with E-state index in [1.807, 2.05) is 0 Å². The second kappa shape index (κ2) is 3.52. The smallest absolute Gasteiger partial charge is 0.445 e. The van der Waals surface area contributed by atoms with Gasteiger partial charge in [-0.1, -0.05) is 45.8 Å². The Labute approximate surface area is 77.0 Å². The van der Waals surface area contributed by atoms with Crippen LogP contribution < -0.4 is 5.46 Å². The quantitative estimate of drug-likeness (QED) is 0.548. The average molecular weight is 238 g/mol. The van der Waals surface area contributed by atoms with Crippen molar-refractivity contribution in [2.75, 3.05) is 0 Å². The molecular weight excluding hydrogens is 232 g/mol. The minimum Gasteiger partial charge on any atom is -0.445 e. The molecule has 12 heavy (non-hydrogen) atoms. The Morgan fingerprint density at radius 2 is 1.75 bits per heavy atom. The number of hydrogen-bond acceptors (Lipinski definition) is 0. The van der Waals surface area contributed by atoms with E-state index in [4.69, 9.17) is 0 Å². The minimum atomic E-state index is -4.87. The van der Waals surface area contributed by atoms with Gasteiger partial charge >= 0.3 is 6.98 Å². The maximum atomic E-state index is 12.3. The summed E-state index contributed by atoms with van der Waals surface area (Å²) in [6.07, 6.45) is 0. The molecule has 0 N–H and O–H groups in total. The van der Waals surface area contributed by atoms with Gasteiger partial charge in [-0.2, -0.15) is 0 Å². The fourth-order valence-corrected chi connectivity index (χ4v) is 1.49. The molecule has 0 unspecified atom stereocenters. The minimum absolute atomic E-state index is 0.241. The first kappa shape index (κ1) is 9.64. The van der Waals surface area contributed by atoms with Crippen LogP contribution in [0.1, 0.15) is 5.56 Å². The Hall–Kier alpha value is -0.445.